The second-order valence-corrected chi connectivity index (χ2v) is 6.24. The molecule has 20 heavy (non-hydrogen) atoms. The summed E-state index contributed by atoms with van der Waals surface area (Å²) in [6, 6.07) is 7.52. The number of nitrogens with two attached hydrogens (primary N) is 1. The SMILES string of the molecule is CC1CN(C(C)(CN)Cc2ccccc2F)CCN1C. The van der Waals surface area contributed by atoms with Crippen LogP contribution in [0.4, 0.5) is 4.39 Å². The Hall–Kier alpha value is -0.970. The van der Waals surface area contributed by atoms with Crippen LogP contribution in [0.3, 0.4) is 0 Å². The molecule has 0 aliphatic carbocycles. The summed E-state index contributed by atoms with van der Waals surface area (Å²) < 4.78 is 13.9. The summed E-state index contributed by atoms with van der Waals surface area (Å²) in [6.45, 7) is 7.93. The van der Waals surface area contributed by atoms with Crippen LogP contribution in [0.1, 0.15) is 19.4 Å². The number of halogens is 1. The molecule has 0 aromatic heterocycles. The molecule has 2 atom stereocenters. The summed E-state index contributed by atoms with van der Waals surface area (Å²) in [5.41, 5.74) is 6.61. The van der Waals surface area contributed by atoms with E-state index in [1.165, 1.54) is 6.07 Å². The Labute approximate surface area is 121 Å². The molecule has 2 N–H and O–H groups in total. The van der Waals surface area contributed by atoms with Gasteiger partial charge in [0.25, 0.3) is 0 Å². The summed E-state index contributed by atoms with van der Waals surface area (Å²) in [5.74, 6) is -0.130. The smallest absolute Gasteiger partial charge is 0.126 e. The van der Waals surface area contributed by atoms with Crippen LogP contribution in [-0.4, -0.2) is 54.6 Å². The van der Waals surface area contributed by atoms with Crippen molar-refractivity contribution in [2.75, 3.05) is 33.2 Å². The average Bonchev–Trinajstić information content (AvgIpc) is 2.44. The molecule has 1 aromatic rings. The van der Waals surface area contributed by atoms with Gasteiger partial charge in [0.15, 0.2) is 0 Å². The normalized spacial score (nSPS) is 24.6. The molecule has 2 rings (SSSR count). The van der Waals surface area contributed by atoms with Gasteiger partial charge in [-0.25, -0.2) is 4.39 Å². The van der Waals surface area contributed by atoms with Gasteiger partial charge in [-0.15, -0.1) is 0 Å². The van der Waals surface area contributed by atoms with E-state index in [0.29, 0.717) is 19.0 Å². The molecule has 3 nitrogen and oxygen atoms in total. The molecule has 0 amide bonds. The van der Waals surface area contributed by atoms with Crippen LogP contribution in [0.15, 0.2) is 24.3 Å². The summed E-state index contributed by atoms with van der Waals surface area (Å²) in [4.78, 5) is 4.78. The van der Waals surface area contributed by atoms with Crippen LogP contribution in [-0.2, 0) is 6.42 Å². The Bertz CT molecular complexity index is 451. The maximum Gasteiger partial charge on any atom is 0.126 e. The maximum atomic E-state index is 13.9. The first-order valence-corrected chi connectivity index (χ1v) is 7.35. The molecule has 1 aromatic carbocycles. The minimum absolute atomic E-state index is 0.130. The minimum Gasteiger partial charge on any atom is -0.329 e. The van der Waals surface area contributed by atoms with Gasteiger partial charge in [0.1, 0.15) is 5.82 Å². The van der Waals surface area contributed by atoms with Gasteiger partial charge < -0.3 is 10.6 Å². The lowest BCUT2D eigenvalue weighted by molar-refractivity contribution is 0.0271. The lowest BCUT2D eigenvalue weighted by Crippen LogP contribution is -2.61. The molecule has 112 valence electrons. The Morgan fingerprint density at radius 1 is 1.35 bits per heavy atom. The van der Waals surface area contributed by atoms with Crippen LogP contribution in [0.2, 0.25) is 0 Å². The van der Waals surface area contributed by atoms with E-state index in [4.69, 9.17) is 5.73 Å². The summed E-state index contributed by atoms with van der Waals surface area (Å²) in [6.07, 6.45) is 0.659. The highest BCUT2D eigenvalue weighted by molar-refractivity contribution is 5.20. The molecule has 1 fully saturated rings. The predicted octanol–water partition coefficient (Wildman–Crippen LogP) is 1.72. The quantitative estimate of drug-likeness (QED) is 0.911. The lowest BCUT2D eigenvalue weighted by Gasteiger charge is -2.47. The molecule has 1 aliphatic heterocycles. The average molecular weight is 279 g/mol. The van der Waals surface area contributed by atoms with Crippen molar-refractivity contribution < 1.29 is 4.39 Å². The first-order chi connectivity index (χ1) is 9.46. The molecule has 1 aliphatic rings. The third-order valence-electron chi connectivity index (χ3n) is 4.69. The molecule has 0 bridgehead atoms. The predicted molar refractivity (Wildman–Crippen MR) is 81.2 cm³/mol. The standard InChI is InChI=1S/C16H26FN3/c1-13-11-20(9-8-19(13)3)16(2,12-18)10-14-6-4-5-7-15(14)17/h4-7,13H,8-12,18H2,1-3H3. The van der Waals surface area contributed by atoms with E-state index in [1.807, 2.05) is 12.1 Å². The van der Waals surface area contributed by atoms with Gasteiger partial charge in [-0.3, -0.25) is 4.90 Å². The Kier molecular flexibility index (Phi) is 4.78. The highest BCUT2D eigenvalue weighted by Crippen LogP contribution is 2.24. The maximum absolute atomic E-state index is 13.9. The van der Waals surface area contributed by atoms with Crippen molar-refractivity contribution in [3.63, 3.8) is 0 Å². The molecule has 2 unspecified atom stereocenters. The van der Waals surface area contributed by atoms with Gasteiger partial charge in [-0.05, 0) is 38.9 Å². The Morgan fingerprint density at radius 2 is 2.05 bits per heavy atom. The third kappa shape index (κ3) is 3.19. The molecular formula is C16H26FN3. The van der Waals surface area contributed by atoms with E-state index in [2.05, 4.69) is 30.7 Å². The van der Waals surface area contributed by atoms with Crippen molar-refractivity contribution in [1.82, 2.24) is 9.80 Å². The number of rotatable bonds is 4. The van der Waals surface area contributed by atoms with Crippen molar-refractivity contribution >= 4 is 0 Å². The van der Waals surface area contributed by atoms with Crippen LogP contribution < -0.4 is 5.73 Å². The van der Waals surface area contributed by atoms with E-state index in [1.54, 1.807) is 6.07 Å². The summed E-state index contributed by atoms with van der Waals surface area (Å²) >= 11 is 0. The fourth-order valence-electron chi connectivity index (χ4n) is 2.90. The number of hydrogen-bond acceptors (Lipinski definition) is 3. The zero-order valence-electron chi connectivity index (χ0n) is 12.8. The van der Waals surface area contributed by atoms with Crippen molar-refractivity contribution in [3.05, 3.63) is 35.6 Å². The zero-order valence-corrected chi connectivity index (χ0v) is 12.8. The molecular weight excluding hydrogens is 253 g/mol. The van der Waals surface area contributed by atoms with Gasteiger partial charge in [-0.2, -0.15) is 0 Å². The van der Waals surface area contributed by atoms with E-state index >= 15 is 0 Å². The molecule has 0 spiro atoms. The van der Waals surface area contributed by atoms with Gasteiger partial charge >= 0.3 is 0 Å². The van der Waals surface area contributed by atoms with Crippen LogP contribution in [0, 0.1) is 5.82 Å². The third-order valence-corrected chi connectivity index (χ3v) is 4.69. The van der Waals surface area contributed by atoms with Crippen molar-refractivity contribution in [1.29, 1.82) is 0 Å². The van der Waals surface area contributed by atoms with Gasteiger partial charge in [0.2, 0.25) is 0 Å². The Morgan fingerprint density at radius 3 is 2.65 bits per heavy atom. The number of benzene rings is 1. The monoisotopic (exact) mass is 279 g/mol. The lowest BCUT2D eigenvalue weighted by atomic mass is 9.89. The second-order valence-electron chi connectivity index (χ2n) is 6.24. The van der Waals surface area contributed by atoms with Crippen molar-refractivity contribution in [2.24, 2.45) is 5.73 Å². The molecule has 0 radical (unpaired) electrons. The first kappa shape index (κ1) is 15.4. The number of likely N-dealkylation sites (N-methyl/N-ethyl adjacent to an activating group) is 1. The van der Waals surface area contributed by atoms with Crippen molar-refractivity contribution in [3.8, 4) is 0 Å². The van der Waals surface area contributed by atoms with Crippen LogP contribution >= 0.6 is 0 Å². The van der Waals surface area contributed by atoms with Gasteiger partial charge in [0, 0.05) is 37.8 Å². The van der Waals surface area contributed by atoms with Gasteiger partial charge in [0.05, 0.1) is 0 Å². The van der Waals surface area contributed by atoms with E-state index in [9.17, 15) is 4.39 Å². The minimum atomic E-state index is -0.183. The molecule has 4 heteroatoms. The van der Waals surface area contributed by atoms with Crippen LogP contribution in [0.5, 0.6) is 0 Å². The summed E-state index contributed by atoms with van der Waals surface area (Å²) in [7, 11) is 2.15. The number of hydrogen-bond donors (Lipinski definition) is 1. The summed E-state index contributed by atoms with van der Waals surface area (Å²) in [5, 5.41) is 0. The fraction of sp³-hybridized carbons (Fsp3) is 0.625. The topological polar surface area (TPSA) is 32.5 Å². The van der Waals surface area contributed by atoms with E-state index in [-0.39, 0.29) is 11.4 Å². The highest BCUT2D eigenvalue weighted by atomic mass is 19.1. The zero-order chi connectivity index (χ0) is 14.8. The Balaban J connectivity index is 2.15. The molecule has 1 heterocycles. The molecule has 1 saturated heterocycles. The van der Waals surface area contributed by atoms with E-state index in [0.717, 1.165) is 25.2 Å². The van der Waals surface area contributed by atoms with Gasteiger partial charge in [-0.1, -0.05) is 18.2 Å². The number of piperazine rings is 1. The number of nitrogens with zero attached hydrogens (tertiary/aromatic N) is 2. The first-order valence-electron chi connectivity index (χ1n) is 7.35. The largest absolute Gasteiger partial charge is 0.329 e. The highest BCUT2D eigenvalue weighted by Gasteiger charge is 2.35. The molecule has 0 saturated carbocycles. The van der Waals surface area contributed by atoms with Crippen LogP contribution in [0.25, 0.3) is 0 Å². The van der Waals surface area contributed by atoms with Crippen molar-refractivity contribution in [2.45, 2.75) is 31.8 Å². The van der Waals surface area contributed by atoms with E-state index < -0.39 is 0 Å². The fourth-order valence-corrected chi connectivity index (χ4v) is 2.90. The second kappa shape index (κ2) is 6.20.